The molecule has 0 amide bonds. The first kappa shape index (κ1) is 22.0. The normalized spacial score (nSPS) is 19.7. The summed E-state index contributed by atoms with van der Waals surface area (Å²) in [5.74, 6) is 2.47. The van der Waals surface area contributed by atoms with Crippen molar-refractivity contribution in [3.63, 3.8) is 0 Å². The largest absolute Gasteiger partial charge is 0.481 e. The van der Waals surface area contributed by atoms with Crippen LogP contribution in [0.5, 0.6) is 11.8 Å². The molecule has 0 fully saturated rings. The highest BCUT2D eigenvalue weighted by Gasteiger charge is 2.25. The SMILES string of the molecule is COc1nc(Nc2ccc3c(n2)OC(c2ccc(C)cn2)CN(C)C3)ccc1C1C=N[N+](C)=C1. The Bertz CT molecular complexity index is 1260. The summed E-state index contributed by atoms with van der Waals surface area (Å²) in [4.78, 5) is 16.2. The molecule has 3 aromatic heterocycles. The Morgan fingerprint density at radius 1 is 1.12 bits per heavy atom. The molecule has 9 nitrogen and oxygen atoms in total. The molecule has 0 aliphatic carbocycles. The van der Waals surface area contributed by atoms with Crippen molar-refractivity contribution in [3.8, 4) is 11.8 Å². The lowest BCUT2D eigenvalue weighted by molar-refractivity contribution is -0.494. The van der Waals surface area contributed by atoms with E-state index in [1.807, 2.05) is 62.9 Å². The minimum atomic E-state index is -0.199. The van der Waals surface area contributed by atoms with Gasteiger partial charge in [-0.15, -0.1) is 0 Å². The number of aromatic nitrogens is 3. The molecule has 174 valence electrons. The van der Waals surface area contributed by atoms with Crippen LogP contribution in [0.4, 0.5) is 11.6 Å². The predicted molar refractivity (Wildman–Crippen MR) is 130 cm³/mol. The molecule has 2 unspecified atom stereocenters. The van der Waals surface area contributed by atoms with Crippen LogP contribution >= 0.6 is 0 Å². The average Bonchev–Trinajstić information content (AvgIpc) is 3.18. The van der Waals surface area contributed by atoms with E-state index in [0.29, 0.717) is 23.4 Å². The Balaban J connectivity index is 1.39. The van der Waals surface area contributed by atoms with Crippen molar-refractivity contribution in [2.75, 3.05) is 33.1 Å². The molecule has 1 N–H and O–H groups in total. The molecule has 2 aliphatic rings. The van der Waals surface area contributed by atoms with Crippen LogP contribution in [0.3, 0.4) is 0 Å². The first-order chi connectivity index (χ1) is 16.5. The summed E-state index contributed by atoms with van der Waals surface area (Å²) in [6, 6.07) is 12.0. The summed E-state index contributed by atoms with van der Waals surface area (Å²) >= 11 is 0. The van der Waals surface area contributed by atoms with Gasteiger partial charge in [-0.3, -0.25) is 9.88 Å². The highest BCUT2D eigenvalue weighted by molar-refractivity contribution is 5.90. The zero-order valence-electron chi connectivity index (χ0n) is 19.8. The van der Waals surface area contributed by atoms with Crippen LogP contribution in [-0.2, 0) is 6.54 Å². The Hall–Kier alpha value is -3.85. The number of rotatable bonds is 5. The van der Waals surface area contributed by atoms with Gasteiger partial charge in [-0.1, -0.05) is 10.8 Å². The van der Waals surface area contributed by atoms with Crippen molar-refractivity contribution in [3.05, 3.63) is 65.0 Å². The summed E-state index contributed by atoms with van der Waals surface area (Å²) in [6.45, 7) is 3.50. The van der Waals surface area contributed by atoms with E-state index in [-0.39, 0.29) is 12.0 Å². The summed E-state index contributed by atoms with van der Waals surface area (Å²) in [6.07, 6.45) is 5.55. The van der Waals surface area contributed by atoms with E-state index in [1.54, 1.807) is 11.8 Å². The van der Waals surface area contributed by atoms with E-state index in [1.165, 1.54) is 0 Å². The third kappa shape index (κ3) is 4.60. The van der Waals surface area contributed by atoms with Crippen molar-refractivity contribution in [1.82, 2.24) is 19.9 Å². The Morgan fingerprint density at radius 2 is 1.94 bits per heavy atom. The van der Waals surface area contributed by atoms with Gasteiger partial charge in [0.15, 0.2) is 19.4 Å². The number of hydrogen-bond donors (Lipinski definition) is 1. The van der Waals surface area contributed by atoms with Gasteiger partial charge in [0, 0.05) is 30.4 Å². The van der Waals surface area contributed by atoms with Crippen molar-refractivity contribution in [2.24, 2.45) is 5.10 Å². The molecule has 0 aromatic carbocycles. The number of pyridine rings is 3. The average molecular weight is 459 g/mol. The number of anilines is 2. The minimum Gasteiger partial charge on any atom is -0.481 e. The lowest BCUT2D eigenvalue weighted by atomic mass is 10.0. The molecule has 5 rings (SSSR count). The summed E-state index contributed by atoms with van der Waals surface area (Å²) in [5.41, 5.74) is 4.00. The first-order valence-electron chi connectivity index (χ1n) is 11.2. The highest BCUT2D eigenvalue weighted by atomic mass is 16.5. The zero-order chi connectivity index (χ0) is 23.7. The maximum Gasteiger partial charge on any atom is 0.220 e. The molecule has 0 radical (unpaired) electrons. The number of methoxy groups -OCH3 is 1. The number of fused-ring (bicyclic) bond motifs is 1. The Morgan fingerprint density at radius 3 is 2.68 bits per heavy atom. The van der Waals surface area contributed by atoms with Crippen LogP contribution in [-0.4, -0.2) is 64.7 Å². The van der Waals surface area contributed by atoms with E-state index in [9.17, 15) is 0 Å². The molecule has 2 atom stereocenters. The number of aryl methyl sites for hydroxylation is 1. The van der Waals surface area contributed by atoms with Crippen molar-refractivity contribution in [1.29, 1.82) is 0 Å². The summed E-state index contributed by atoms with van der Waals surface area (Å²) in [7, 11) is 5.60. The predicted octanol–water partition coefficient (Wildman–Crippen LogP) is 3.29. The molecule has 5 heterocycles. The van der Waals surface area contributed by atoms with Crippen LogP contribution in [0.2, 0.25) is 0 Å². The molecular formula is C25H28N7O2+. The molecule has 9 heteroatoms. The van der Waals surface area contributed by atoms with Gasteiger partial charge in [0.05, 0.1) is 19.0 Å². The van der Waals surface area contributed by atoms with Crippen molar-refractivity contribution in [2.45, 2.75) is 25.5 Å². The molecule has 0 saturated carbocycles. The van der Waals surface area contributed by atoms with Gasteiger partial charge in [-0.25, -0.2) is 0 Å². The summed E-state index contributed by atoms with van der Waals surface area (Å²) in [5, 5.41) is 7.55. The number of hydrogen-bond acceptors (Lipinski definition) is 8. The zero-order valence-corrected chi connectivity index (χ0v) is 19.8. The van der Waals surface area contributed by atoms with E-state index in [2.05, 4.69) is 38.4 Å². The highest BCUT2D eigenvalue weighted by Crippen LogP contribution is 2.31. The third-order valence-corrected chi connectivity index (χ3v) is 5.86. The fourth-order valence-corrected chi connectivity index (χ4v) is 4.11. The molecule has 2 aliphatic heterocycles. The van der Waals surface area contributed by atoms with Crippen molar-refractivity contribution < 1.29 is 14.2 Å². The monoisotopic (exact) mass is 458 g/mol. The van der Waals surface area contributed by atoms with E-state index >= 15 is 0 Å². The van der Waals surface area contributed by atoms with Crippen LogP contribution in [0, 0.1) is 6.92 Å². The Kier molecular flexibility index (Phi) is 5.93. The van der Waals surface area contributed by atoms with E-state index < -0.39 is 0 Å². The number of nitrogens with one attached hydrogen (secondary N) is 1. The van der Waals surface area contributed by atoms with Crippen LogP contribution in [0.1, 0.15) is 34.4 Å². The third-order valence-electron chi connectivity index (χ3n) is 5.86. The van der Waals surface area contributed by atoms with Gasteiger partial charge in [0.1, 0.15) is 17.6 Å². The maximum atomic E-state index is 6.35. The molecule has 0 bridgehead atoms. The van der Waals surface area contributed by atoms with Gasteiger partial charge in [-0.2, -0.15) is 9.97 Å². The lowest BCUT2D eigenvalue weighted by Crippen LogP contribution is -2.24. The molecule has 34 heavy (non-hydrogen) atoms. The van der Waals surface area contributed by atoms with Crippen LogP contribution < -0.4 is 14.8 Å². The minimum absolute atomic E-state index is 0.0322. The second-order valence-electron chi connectivity index (χ2n) is 8.66. The van der Waals surface area contributed by atoms with Crippen molar-refractivity contribution >= 4 is 24.1 Å². The van der Waals surface area contributed by atoms with Crippen LogP contribution in [0.25, 0.3) is 0 Å². The quantitative estimate of drug-likeness (QED) is 0.587. The topological polar surface area (TPSA) is 87.8 Å². The summed E-state index contributed by atoms with van der Waals surface area (Å²) < 4.78 is 13.7. The van der Waals surface area contributed by atoms with Gasteiger partial charge < -0.3 is 14.8 Å². The molecule has 0 spiro atoms. The standard InChI is InChI=1S/C25H28N7O2/c1-16-5-8-20(26-11-16)21-15-31(2)13-17-6-9-22(29-24(17)34-21)28-23-10-7-19(25(30-23)33-4)18-12-27-32(3)14-18/h5-12,14,18,21H,13,15H2,1-4H3,(H,28,29,30)/q+1. The molecule has 3 aromatic rings. The van der Waals surface area contributed by atoms with E-state index in [0.717, 1.165) is 35.5 Å². The first-order valence-corrected chi connectivity index (χ1v) is 11.2. The number of likely N-dealkylation sites (N-methyl/N-ethyl adjacent to an activating group) is 1. The fraction of sp³-hybridized carbons (Fsp3) is 0.320. The van der Waals surface area contributed by atoms with Gasteiger partial charge in [0.25, 0.3) is 0 Å². The fourth-order valence-electron chi connectivity index (χ4n) is 4.11. The van der Waals surface area contributed by atoms with Gasteiger partial charge in [-0.05, 0) is 55.0 Å². The second kappa shape index (κ2) is 9.18. The second-order valence-corrected chi connectivity index (χ2v) is 8.66. The van der Waals surface area contributed by atoms with E-state index in [4.69, 9.17) is 14.5 Å². The number of nitrogens with zero attached hydrogens (tertiary/aromatic N) is 6. The number of ether oxygens (including phenoxy) is 2. The maximum absolute atomic E-state index is 6.35. The molecule has 0 saturated heterocycles. The smallest absolute Gasteiger partial charge is 0.220 e. The Labute approximate surface area is 198 Å². The van der Waals surface area contributed by atoms with Crippen LogP contribution in [0.15, 0.2) is 47.7 Å². The lowest BCUT2D eigenvalue weighted by Gasteiger charge is -2.19. The molecular weight excluding hydrogens is 430 g/mol. The number of hydrazone groups is 1. The van der Waals surface area contributed by atoms with Gasteiger partial charge >= 0.3 is 0 Å². The van der Waals surface area contributed by atoms with Gasteiger partial charge in [0.2, 0.25) is 11.8 Å².